The van der Waals surface area contributed by atoms with Crippen molar-refractivity contribution >= 4 is 11.0 Å². The molecule has 3 nitrogen and oxygen atoms in total. The van der Waals surface area contributed by atoms with E-state index in [-0.39, 0.29) is 17.6 Å². The van der Waals surface area contributed by atoms with E-state index in [1.165, 1.54) is 18.2 Å². The van der Waals surface area contributed by atoms with E-state index in [4.69, 9.17) is 4.42 Å². The number of hydrogen-bond donors (Lipinski definition) is 2. The molecule has 0 aliphatic carbocycles. The Kier molecular flexibility index (Phi) is 3.62. The summed E-state index contributed by atoms with van der Waals surface area (Å²) >= 11 is 0. The highest BCUT2D eigenvalue weighted by molar-refractivity contribution is 5.77. The van der Waals surface area contributed by atoms with Crippen LogP contribution in [-0.4, -0.2) is 5.11 Å². The van der Waals surface area contributed by atoms with E-state index in [0.29, 0.717) is 12.1 Å². The van der Waals surface area contributed by atoms with Crippen molar-refractivity contribution in [3.63, 3.8) is 0 Å². The lowest BCUT2D eigenvalue weighted by Crippen LogP contribution is -2.17. The number of hydrogen-bond acceptors (Lipinski definition) is 3. The molecule has 0 aliphatic rings. The summed E-state index contributed by atoms with van der Waals surface area (Å²) in [6.45, 7) is 2.33. The number of phenolic OH excluding ortho intramolecular Hbond substituents is 1. The normalized spacial score (nSPS) is 12.7. The molecule has 4 heteroatoms. The van der Waals surface area contributed by atoms with Gasteiger partial charge >= 0.3 is 0 Å². The summed E-state index contributed by atoms with van der Waals surface area (Å²) in [7, 11) is 0. The van der Waals surface area contributed by atoms with Gasteiger partial charge in [-0.05, 0) is 37.3 Å². The first-order chi connectivity index (χ1) is 10.1. The molecular formula is C17H16FNO2. The van der Waals surface area contributed by atoms with Gasteiger partial charge in [0.25, 0.3) is 0 Å². The van der Waals surface area contributed by atoms with Gasteiger partial charge in [-0.25, -0.2) is 4.39 Å². The van der Waals surface area contributed by atoms with Crippen molar-refractivity contribution in [2.24, 2.45) is 0 Å². The summed E-state index contributed by atoms with van der Waals surface area (Å²) in [4.78, 5) is 0. The minimum Gasteiger partial charge on any atom is -0.508 e. The molecule has 0 aliphatic heterocycles. The lowest BCUT2D eigenvalue weighted by atomic mass is 10.1. The van der Waals surface area contributed by atoms with Crippen molar-refractivity contribution in [3.8, 4) is 5.75 Å². The fourth-order valence-electron chi connectivity index (χ4n) is 2.28. The summed E-state index contributed by atoms with van der Waals surface area (Å²) in [6.07, 6.45) is 0. The standard InChI is InChI=1S/C17H16FNO2/c1-11(17-9-12-4-2-3-5-16(12)21-17)19-10-13-8-14(18)6-7-15(13)20/h2-9,11,19-20H,10H2,1H3. The molecule has 0 bridgehead atoms. The van der Waals surface area contributed by atoms with Crippen molar-refractivity contribution < 1.29 is 13.9 Å². The van der Waals surface area contributed by atoms with E-state index in [9.17, 15) is 9.50 Å². The van der Waals surface area contributed by atoms with E-state index in [1.54, 1.807) is 0 Å². The zero-order chi connectivity index (χ0) is 14.8. The second-order valence-corrected chi connectivity index (χ2v) is 5.06. The molecule has 0 saturated carbocycles. The van der Waals surface area contributed by atoms with Gasteiger partial charge in [0.1, 0.15) is 22.9 Å². The van der Waals surface area contributed by atoms with Crippen molar-refractivity contribution in [1.29, 1.82) is 0 Å². The molecule has 0 saturated heterocycles. The molecule has 1 atom stereocenters. The Hall–Kier alpha value is -2.33. The number of halogens is 1. The topological polar surface area (TPSA) is 45.4 Å². The van der Waals surface area contributed by atoms with Crippen LogP contribution in [0.2, 0.25) is 0 Å². The third-order valence-electron chi connectivity index (χ3n) is 3.51. The van der Waals surface area contributed by atoms with Gasteiger partial charge in [0.05, 0.1) is 6.04 Å². The number of benzene rings is 2. The molecule has 2 aromatic carbocycles. The average molecular weight is 285 g/mol. The summed E-state index contributed by atoms with van der Waals surface area (Å²) < 4.78 is 18.9. The molecule has 108 valence electrons. The molecule has 2 N–H and O–H groups in total. The maximum atomic E-state index is 13.2. The molecule has 3 rings (SSSR count). The lowest BCUT2D eigenvalue weighted by molar-refractivity contribution is 0.434. The van der Waals surface area contributed by atoms with Crippen LogP contribution in [0.25, 0.3) is 11.0 Å². The minimum absolute atomic E-state index is 0.0416. The van der Waals surface area contributed by atoms with Crippen LogP contribution in [0.4, 0.5) is 4.39 Å². The molecule has 0 radical (unpaired) electrons. The third kappa shape index (κ3) is 2.90. The Balaban J connectivity index is 1.74. The summed E-state index contributed by atoms with van der Waals surface area (Å²) in [5, 5.41) is 14.0. The second-order valence-electron chi connectivity index (χ2n) is 5.06. The van der Waals surface area contributed by atoms with Gasteiger partial charge in [-0.15, -0.1) is 0 Å². The monoisotopic (exact) mass is 285 g/mol. The van der Waals surface area contributed by atoms with Crippen molar-refractivity contribution in [1.82, 2.24) is 5.32 Å². The Morgan fingerprint density at radius 2 is 2.00 bits per heavy atom. The molecule has 0 spiro atoms. The van der Waals surface area contributed by atoms with Gasteiger partial charge in [-0.2, -0.15) is 0 Å². The summed E-state index contributed by atoms with van der Waals surface area (Å²) in [5.41, 5.74) is 1.37. The Labute approximate surface area is 122 Å². The van der Waals surface area contributed by atoms with Crippen molar-refractivity contribution in [3.05, 3.63) is 65.7 Å². The van der Waals surface area contributed by atoms with Gasteiger partial charge < -0.3 is 14.8 Å². The van der Waals surface area contributed by atoms with E-state index in [1.807, 2.05) is 37.3 Å². The van der Waals surface area contributed by atoms with E-state index in [0.717, 1.165) is 16.7 Å². The van der Waals surface area contributed by atoms with Crippen LogP contribution in [0.5, 0.6) is 5.75 Å². The summed E-state index contributed by atoms with van der Waals surface area (Å²) in [5.74, 6) is 0.536. The van der Waals surface area contributed by atoms with Crippen molar-refractivity contribution in [2.75, 3.05) is 0 Å². The number of para-hydroxylation sites is 1. The number of phenols is 1. The zero-order valence-corrected chi connectivity index (χ0v) is 11.6. The molecular weight excluding hydrogens is 269 g/mol. The fraction of sp³-hybridized carbons (Fsp3) is 0.176. The van der Waals surface area contributed by atoms with Crippen LogP contribution in [0.3, 0.4) is 0 Å². The minimum atomic E-state index is -0.360. The van der Waals surface area contributed by atoms with Crippen LogP contribution in [0, 0.1) is 5.82 Å². The molecule has 21 heavy (non-hydrogen) atoms. The lowest BCUT2D eigenvalue weighted by Gasteiger charge is -2.12. The molecule has 1 aromatic heterocycles. The number of fused-ring (bicyclic) bond motifs is 1. The molecule has 0 amide bonds. The van der Waals surface area contributed by atoms with E-state index in [2.05, 4.69) is 5.32 Å². The predicted octanol–water partition coefficient (Wildman–Crippen LogP) is 4.13. The second kappa shape index (κ2) is 5.58. The van der Waals surface area contributed by atoms with E-state index >= 15 is 0 Å². The number of nitrogens with one attached hydrogen (secondary N) is 1. The molecule has 1 unspecified atom stereocenters. The van der Waals surface area contributed by atoms with Gasteiger partial charge in [0, 0.05) is 17.5 Å². The largest absolute Gasteiger partial charge is 0.508 e. The smallest absolute Gasteiger partial charge is 0.134 e. The van der Waals surface area contributed by atoms with Crippen LogP contribution in [-0.2, 0) is 6.54 Å². The maximum absolute atomic E-state index is 13.2. The van der Waals surface area contributed by atoms with Gasteiger partial charge in [-0.1, -0.05) is 18.2 Å². The number of rotatable bonds is 4. The zero-order valence-electron chi connectivity index (χ0n) is 11.6. The van der Waals surface area contributed by atoms with Gasteiger partial charge in [0.2, 0.25) is 0 Å². The first-order valence-electron chi connectivity index (χ1n) is 6.83. The number of aromatic hydroxyl groups is 1. The molecule has 1 heterocycles. The first kappa shape index (κ1) is 13.6. The quantitative estimate of drug-likeness (QED) is 0.757. The van der Waals surface area contributed by atoms with Crippen LogP contribution >= 0.6 is 0 Å². The maximum Gasteiger partial charge on any atom is 0.134 e. The van der Waals surface area contributed by atoms with Gasteiger partial charge in [0.15, 0.2) is 0 Å². The molecule has 0 fully saturated rings. The van der Waals surface area contributed by atoms with Gasteiger partial charge in [-0.3, -0.25) is 0 Å². The van der Waals surface area contributed by atoms with E-state index < -0.39 is 0 Å². The number of furan rings is 1. The summed E-state index contributed by atoms with van der Waals surface area (Å²) in [6, 6.07) is 13.7. The highest BCUT2D eigenvalue weighted by Crippen LogP contribution is 2.24. The van der Waals surface area contributed by atoms with Crippen LogP contribution in [0.1, 0.15) is 24.3 Å². The van der Waals surface area contributed by atoms with Crippen molar-refractivity contribution in [2.45, 2.75) is 19.5 Å². The third-order valence-corrected chi connectivity index (χ3v) is 3.51. The fourth-order valence-corrected chi connectivity index (χ4v) is 2.28. The SMILES string of the molecule is CC(NCc1cc(F)ccc1O)c1cc2ccccc2o1. The highest BCUT2D eigenvalue weighted by atomic mass is 19.1. The van der Waals surface area contributed by atoms with Crippen LogP contribution < -0.4 is 5.32 Å². The molecule has 3 aromatic rings. The Morgan fingerprint density at radius 3 is 2.81 bits per heavy atom. The average Bonchev–Trinajstić information content (AvgIpc) is 2.92. The highest BCUT2D eigenvalue weighted by Gasteiger charge is 2.12. The Bertz CT molecular complexity index is 733. The first-order valence-corrected chi connectivity index (χ1v) is 6.83. The Morgan fingerprint density at radius 1 is 1.19 bits per heavy atom. The predicted molar refractivity (Wildman–Crippen MR) is 79.5 cm³/mol. The van der Waals surface area contributed by atoms with Crippen LogP contribution in [0.15, 0.2) is 52.9 Å².